The van der Waals surface area contributed by atoms with E-state index in [9.17, 15) is 26.0 Å². The molecule has 51 heavy (non-hydrogen) atoms. The van der Waals surface area contributed by atoms with Crippen LogP contribution in [0.1, 0.15) is 110 Å². The molecule has 2 heterocycles. The van der Waals surface area contributed by atoms with E-state index < -0.39 is 40.3 Å². The summed E-state index contributed by atoms with van der Waals surface area (Å²) in [7, 11) is -14.4. The molecule has 0 fully saturated rings. The van der Waals surface area contributed by atoms with Crippen LogP contribution in [0.4, 0.5) is 0 Å². The van der Waals surface area contributed by atoms with Crippen LogP contribution in [0.15, 0.2) is 62.3 Å². The van der Waals surface area contributed by atoms with Crippen molar-refractivity contribution in [2.45, 2.75) is 106 Å². The molecule has 4 rings (SSSR count). The van der Waals surface area contributed by atoms with Gasteiger partial charge in [0.15, 0.2) is 0 Å². The minimum atomic E-state index is -4.13. The van der Waals surface area contributed by atoms with Crippen molar-refractivity contribution in [3.63, 3.8) is 0 Å². The molecule has 0 aromatic heterocycles. The summed E-state index contributed by atoms with van der Waals surface area (Å²) in [5.74, 6) is 0. The predicted octanol–water partition coefficient (Wildman–Crippen LogP) is 10.0. The lowest BCUT2D eigenvalue weighted by atomic mass is 9.69. The summed E-state index contributed by atoms with van der Waals surface area (Å²) in [4.78, 5) is 0.169. The van der Waals surface area contributed by atoms with Gasteiger partial charge >= 0.3 is 15.2 Å². The van der Waals surface area contributed by atoms with Crippen molar-refractivity contribution in [2.75, 3.05) is 38.8 Å². The van der Waals surface area contributed by atoms with E-state index in [0.29, 0.717) is 94.0 Å². The molecule has 0 N–H and O–H groups in total. The number of hydrogen-bond acceptors (Lipinski definition) is 10. The maximum atomic E-state index is 14.4. The first-order valence-electron chi connectivity index (χ1n) is 18.4. The molecule has 0 unspecified atom stereocenters. The minimum Gasteiger partial charge on any atom is -0.309 e. The number of hydrogen-bond donors (Lipinski definition) is 0. The fourth-order valence-electron chi connectivity index (χ4n) is 7.44. The lowest BCUT2D eigenvalue weighted by Crippen LogP contribution is -2.23. The standard InChI is InChI=1S/C37H56O10P2S2/c1-7-44-48(38,45-8-2)25-17-13-11-15-23-37(24-16-12-14-18-26-49(39,46-9-3)47-10-4)32-27-30(6)50(40,41)35(32)36-33(37)28-34(51(36,42)43)31-21-19-29(5)20-22-31/h19-22,27-28H,7-18,23-26H2,1-6H3. The largest absolute Gasteiger partial charge is 0.330 e. The Morgan fingerprint density at radius 3 is 1.43 bits per heavy atom. The van der Waals surface area contributed by atoms with Crippen LogP contribution in [-0.2, 0) is 46.9 Å². The van der Waals surface area contributed by atoms with E-state index in [0.717, 1.165) is 31.2 Å². The highest BCUT2D eigenvalue weighted by molar-refractivity contribution is 8.07. The van der Waals surface area contributed by atoms with Crippen molar-refractivity contribution in [2.24, 2.45) is 5.41 Å². The summed E-state index contributed by atoms with van der Waals surface area (Å²) in [5, 5.41) is 0. The summed E-state index contributed by atoms with van der Waals surface area (Å²) in [6.07, 6.45) is 11.0. The fourth-order valence-corrected chi connectivity index (χ4v) is 14.9. The predicted molar refractivity (Wildman–Crippen MR) is 205 cm³/mol. The Labute approximate surface area is 306 Å². The maximum absolute atomic E-state index is 14.4. The zero-order valence-electron chi connectivity index (χ0n) is 31.1. The first kappa shape index (κ1) is 42.1. The number of aryl methyl sites for hydroxylation is 1. The second kappa shape index (κ2) is 17.7. The van der Waals surface area contributed by atoms with Gasteiger partial charge in [0, 0.05) is 10.3 Å². The van der Waals surface area contributed by atoms with Crippen molar-refractivity contribution in [1.82, 2.24) is 0 Å². The molecule has 3 aliphatic rings. The monoisotopic (exact) mass is 786 g/mol. The molecule has 2 aliphatic heterocycles. The lowest BCUT2D eigenvalue weighted by Gasteiger charge is -2.34. The van der Waals surface area contributed by atoms with Gasteiger partial charge in [0.05, 0.1) is 53.5 Å². The molecule has 0 atom stereocenters. The van der Waals surface area contributed by atoms with Crippen molar-refractivity contribution in [3.8, 4) is 0 Å². The van der Waals surface area contributed by atoms with E-state index in [1.807, 2.05) is 19.1 Å². The number of sulfone groups is 2. The van der Waals surface area contributed by atoms with Crippen molar-refractivity contribution >= 4 is 39.8 Å². The smallest absolute Gasteiger partial charge is 0.309 e. The Balaban J connectivity index is 1.62. The van der Waals surface area contributed by atoms with E-state index in [1.165, 1.54) is 0 Å². The quantitative estimate of drug-likeness (QED) is 0.0778. The Hall–Kier alpha value is -1.62. The summed E-state index contributed by atoms with van der Waals surface area (Å²) in [5.41, 5.74) is 1.87. The maximum Gasteiger partial charge on any atom is 0.330 e. The van der Waals surface area contributed by atoms with E-state index in [4.69, 9.17) is 18.1 Å². The first-order chi connectivity index (χ1) is 24.1. The van der Waals surface area contributed by atoms with Gasteiger partial charge in [0.25, 0.3) is 0 Å². The van der Waals surface area contributed by atoms with Gasteiger partial charge in [0.1, 0.15) is 0 Å². The third-order valence-electron chi connectivity index (χ3n) is 9.81. The fraction of sp³-hybridized carbons (Fsp3) is 0.622. The van der Waals surface area contributed by atoms with E-state index >= 15 is 0 Å². The van der Waals surface area contributed by atoms with Gasteiger partial charge in [-0.05, 0) is 96.1 Å². The molecule has 10 nitrogen and oxygen atoms in total. The highest BCUT2D eigenvalue weighted by Gasteiger charge is 2.57. The lowest BCUT2D eigenvalue weighted by molar-refractivity contribution is 0.218. The molecule has 0 radical (unpaired) electrons. The Bertz CT molecular complexity index is 1790. The van der Waals surface area contributed by atoms with Crippen LogP contribution in [0.3, 0.4) is 0 Å². The summed E-state index contributed by atoms with van der Waals surface area (Å²) in [6.45, 7) is 11.9. The molecule has 1 aromatic rings. The molecule has 0 saturated carbocycles. The number of benzene rings is 1. The van der Waals surface area contributed by atoms with Gasteiger partial charge in [-0.25, -0.2) is 16.8 Å². The molecule has 1 aromatic carbocycles. The second-order valence-electron chi connectivity index (χ2n) is 13.4. The minimum absolute atomic E-state index is 0.0582. The zero-order valence-corrected chi connectivity index (χ0v) is 34.5. The third-order valence-corrected chi connectivity index (χ3v) is 18.1. The molecule has 0 saturated heterocycles. The number of unbranched alkanes of at least 4 members (excludes halogenated alkanes) is 6. The van der Waals surface area contributed by atoms with Crippen LogP contribution >= 0.6 is 15.2 Å². The van der Waals surface area contributed by atoms with E-state index in [-0.39, 0.29) is 19.6 Å². The van der Waals surface area contributed by atoms with Gasteiger partial charge < -0.3 is 18.1 Å². The SMILES string of the molecule is CCOP(=O)(CCCCCCC1(CCCCCCP(=O)(OCC)OCC)C2=C(C3=C1C=C(c1ccc(C)cc1)S3(=O)=O)S(=O)(=O)C(C)=C2)OCC. The molecular weight excluding hydrogens is 730 g/mol. The zero-order chi connectivity index (χ0) is 37.5. The van der Waals surface area contributed by atoms with Crippen molar-refractivity contribution < 1.29 is 44.1 Å². The Morgan fingerprint density at radius 1 is 0.569 bits per heavy atom. The molecule has 1 aliphatic carbocycles. The second-order valence-corrected chi connectivity index (χ2v) is 21.7. The van der Waals surface area contributed by atoms with Crippen LogP contribution in [0.5, 0.6) is 0 Å². The molecule has 14 heteroatoms. The molecule has 0 bridgehead atoms. The van der Waals surface area contributed by atoms with E-state index in [1.54, 1.807) is 58.9 Å². The van der Waals surface area contributed by atoms with Crippen molar-refractivity contribution in [3.05, 3.63) is 73.4 Å². The summed E-state index contributed by atoms with van der Waals surface area (Å²) >= 11 is 0. The molecule has 286 valence electrons. The normalized spacial score (nSPS) is 19.0. The third kappa shape index (κ3) is 9.20. The van der Waals surface area contributed by atoms with Gasteiger partial charge in [-0.1, -0.05) is 68.4 Å². The molecular formula is C37H56O10P2S2. The Kier molecular flexibility index (Phi) is 14.6. The van der Waals surface area contributed by atoms with Gasteiger partial charge in [0.2, 0.25) is 19.7 Å². The average molecular weight is 787 g/mol. The van der Waals surface area contributed by atoms with E-state index in [2.05, 4.69) is 0 Å². The topological polar surface area (TPSA) is 139 Å². The van der Waals surface area contributed by atoms with Gasteiger partial charge in [-0.2, -0.15) is 0 Å². The number of allylic oxidation sites excluding steroid dienone is 5. The highest BCUT2D eigenvalue weighted by atomic mass is 32.2. The number of rotatable bonds is 23. The summed E-state index contributed by atoms with van der Waals surface area (Å²) < 4.78 is 104. The number of fused-ring (bicyclic) bond motifs is 1. The first-order valence-corrected chi connectivity index (χ1v) is 24.8. The van der Waals surface area contributed by atoms with Crippen molar-refractivity contribution in [1.29, 1.82) is 0 Å². The van der Waals surface area contributed by atoms with Crippen LogP contribution in [0.25, 0.3) is 4.91 Å². The Morgan fingerprint density at radius 2 is 0.980 bits per heavy atom. The highest BCUT2D eigenvalue weighted by Crippen LogP contribution is 2.64. The van der Waals surface area contributed by atoms with Gasteiger partial charge in [-0.15, -0.1) is 0 Å². The molecule has 0 amide bonds. The molecule has 0 spiro atoms. The van der Waals surface area contributed by atoms with Crippen LogP contribution in [-0.4, -0.2) is 55.6 Å². The summed E-state index contributed by atoms with van der Waals surface area (Å²) in [6, 6.07) is 7.27. The van der Waals surface area contributed by atoms with Crippen LogP contribution in [0, 0.1) is 12.3 Å². The van der Waals surface area contributed by atoms with Crippen LogP contribution in [0.2, 0.25) is 0 Å². The van der Waals surface area contributed by atoms with Gasteiger partial charge in [-0.3, -0.25) is 9.13 Å². The average Bonchev–Trinajstić information content (AvgIpc) is 3.59. The van der Waals surface area contributed by atoms with Crippen LogP contribution < -0.4 is 0 Å².